The minimum atomic E-state index is -0.160. The third-order valence-corrected chi connectivity index (χ3v) is 7.16. The van der Waals surface area contributed by atoms with Crippen LogP contribution in [0.4, 0.5) is 0 Å². The summed E-state index contributed by atoms with van der Waals surface area (Å²) in [6.45, 7) is 3.96. The maximum atomic E-state index is 9.09. The smallest absolute Gasteiger partial charge is 0.249 e. The standard InChI is InChI=1S/C27H40N6O2/c1-2-3-4-5-6-7-8-9-10-13-18-32-20-22(21-15-11-12-16-23(21)32)25-29-26(35-31-25)24-17-14-19-33(24)27(28)30-34/h11-12,15-16,20,24,34H,2-10,13-14,17-19H2,1H3,(H2,28,30)/t24-/m0/s1. The summed E-state index contributed by atoms with van der Waals surface area (Å²) in [4.78, 5) is 6.54. The Morgan fingerprint density at radius 1 is 1.09 bits per heavy atom. The molecule has 8 nitrogen and oxygen atoms in total. The summed E-state index contributed by atoms with van der Waals surface area (Å²) < 4.78 is 7.97. The van der Waals surface area contributed by atoms with Gasteiger partial charge in [-0.25, -0.2) is 0 Å². The molecule has 3 N–H and O–H groups in total. The van der Waals surface area contributed by atoms with E-state index in [0.717, 1.165) is 30.3 Å². The van der Waals surface area contributed by atoms with Crippen LogP contribution in [0, 0.1) is 0 Å². The van der Waals surface area contributed by atoms with Crippen LogP contribution in [-0.2, 0) is 6.54 Å². The van der Waals surface area contributed by atoms with Gasteiger partial charge in [-0.15, -0.1) is 0 Å². The average molecular weight is 481 g/mol. The summed E-state index contributed by atoms with van der Waals surface area (Å²) in [6, 6.07) is 8.25. The molecule has 0 unspecified atom stereocenters. The Labute approximate surface area is 208 Å². The molecule has 0 aliphatic carbocycles. The predicted octanol–water partition coefficient (Wildman–Crippen LogP) is 6.45. The first-order valence-corrected chi connectivity index (χ1v) is 13.4. The molecule has 1 aliphatic rings. The van der Waals surface area contributed by atoms with Crippen LogP contribution in [0.15, 0.2) is 40.1 Å². The van der Waals surface area contributed by atoms with Gasteiger partial charge < -0.3 is 24.9 Å². The summed E-state index contributed by atoms with van der Waals surface area (Å²) in [5.74, 6) is 1.18. The summed E-state index contributed by atoms with van der Waals surface area (Å²) >= 11 is 0. The van der Waals surface area contributed by atoms with Gasteiger partial charge >= 0.3 is 0 Å². The SMILES string of the molecule is CCCCCCCCCCCCn1cc(-c2noc([C@@H]3CCCN3/C(N)=N\O)n2)c2ccccc21. The van der Waals surface area contributed by atoms with Crippen LogP contribution in [0.5, 0.6) is 0 Å². The largest absolute Gasteiger partial charge is 0.408 e. The Morgan fingerprint density at radius 2 is 1.80 bits per heavy atom. The number of para-hydroxylation sites is 1. The fraction of sp³-hybridized carbons (Fsp3) is 0.593. The quantitative estimate of drug-likeness (QED) is 0.0957. The second-order valence-electron chi connectivity index (χ2n) is 9.70. The van der Waals surface area contributed by atoms with Gasteiger partial charge in [-0.2, -0.15) is 4.98 Å². The summed E-state index contributed by atoms with van der Waals surface area (Å²) in [5.41, 5.74) is 8.02. The number of aromatic nitrogens is 3. The third-order valence-electron chi connectivity index (χ3n) is 7.16. The number of oxime groups is 1. The molecule has 3 heterocycles. The highest BCUT2D eigenvalue weighted by atomic mass is 16.5. The average Bonchev–Trinajstić information content (AvgIpc) is 3.63. The van der Waals surface area contributed by atoms with Crippen LogP contribution < -0.4 is 5.73 Å². The van der Waals surface area contributed by atoms with E-state index in [2.05, 4.69) is 52.3 Å². The van der Waals surface area contributed by atoms with Gasteiger partial charge in [0, 0.05) is 35.8 Å². The number of fused-ring (bicyclic) bond motifs is 1. The molecule has 0 bridgehead atoms. The zero-order valence-electron chi connectivity index (χ0n) is 21.0. The molecule has 3 aromatic rings. The molecule has 1 fully saturated rings. The molecule has 1 saturated heterocycles. The van der Waals surface area contributed by atoms with Gasteiger partial charge in [0.2, 0.25) is 17.7 Å². The molecular weight excluding hydrogens is 440 g/mol. The van der Waals surface area contributed by atoms with Gasteiger partial charge in [0.25, 0.3) is 0 Å². The van der Waals surface area contributed by atoms with Gasteiger partial charge in [-0.05, 0) is 25.3 Å². The Hall–Kier alpha value is -3.03. The van der Waals surface area contributed by atoms with E-state index in [9.17, 15) is 0 Å². The maximum absolute atomic E-state index is 9.09. The summed E-state index contributed by atoms with van der Waals surface area (Å²) in [5, 5.41) is 17.7. The Balaban J connectivity index is 1.36. The van der Waals surface area contributed by atoms with E-state index in [4.69, 9.17) is 20.4 Å². The molecule has 0 spiro atoms. The van der Waals surface area contributed by atoms with Crippen molar-refractivity contribution in [1.82, 2.24) is 19.6 Å². The number of unbranched alkanes of at least 4 members (excludes halogenated alkanes) is 9. The first kappa shape index (κ1) is 25.1. The molecular formula is C27H40N6O2. The number of likely N-dealkylation sites (tertiary alicyclic amines) is 1. The molecule has 2 aromatic heterocycles. The van der Waals surface area contributed by atoms with Crippen molar-refractivity contribution in [2.45, 2.75) is 96.6 Å². The number of guanidine groups is 1. The topological polar surface area (TPSA) is 106 Å². The van der Waals surface area contributed by atoms with E-state index < -0.39 is 0 Å². The van der Waals surface area contributed by atoms with Gasteiger partial charge in [0.15, 0.2) is 0 Å². The normalized spacial score (nSPS) is 16.5. The zero-order chi connectivity index (χ0) is 24.5. The van der Waals surface area contributed by atoms with E-state index in [-0.39, 0.29) is 12.0 Å². The lowest BCUT2D eigenvalue weighted by atomic mass is 10.1. The van der Waals surface area contributed by atoms with Gasteiger partial charge in [0.05, 0.1) is 0 Å². The van der Waals surface area contributed by atoms with Crippen molar-refractivity contribution in [2.24, 2.45) is 10.9 Å². The van der Waals surface area contributed by atoms with E-state index in [0.29, 0.717) is 18.3 Å². The van der Waals surface area contributed by atoms with Crippen LogP contribution in [0.3, 0.4) is 0 Å². The summed E-state index contributed by atoms with van der Waals surface area (Å²) in [6.07, 6.45) is 17.2. The minimum absolute atomic E-state index is 0.0837. The lowest BCUT2D eigenvalue weighted by molar-refractivity contribution is 0.263. The maximum Gasteiger partial charge on any atom is 0.249 e. The highest BCUT2D eigenvalue weighted by Gasteiger charge is 2.32. The van der Waals surface area contributed by atoms with Crippen LogP contribution in [0.25, 0.3) is 22.3 Å². The Morgan fingerprint density at radius 3 is 2.54 bits per heavy atom. The van der Waals surface area contributed by atoms with Gasteiger partial charge in [-0.1, -0.05) is 93.2 Å². The van der Waals surface area contributed by atoms with Crippen molar-refractivity contribution in [2.75, 3.05) is 6.54 Å². The third kappa shape index (κ3) is 6.16. The number of nitrogens with zero attached hydrogens (tertiary/aromatic N) is 5. The van der Waals surface area contributed by atoms with Crippen LogP contribution >= 0.6 is 0 Å². The van der Waals surface area contributed by atoms with Crippen molar-refractivity contribution in [3.05, 3.63) is 36.4 Å². The van der Waals surface area contributed by atoms with Crippen LogP contribution in [0.1, 0.15) is 95.9 Å². The summed E-state index contributed by atoms with van der Waals surface area (Å²) in [7, 11) is 0. The first-order valence-electron chi connectivity index (χ1n) is 13.4. The highest BCUT2D eigenvalue weighted by molar-refractivity contribution is 5.94. The number of hydrogen-bond donors (Lipinski definition) is 2. The molecule has 1 atom stereocenters. The van der Waals surface area contributed by atoms with E-state index in [1.165, 1.54) is 69.7 Å². The van der Waals surface area contributed by atoms with Gasteiger partial charge in [0.1, 0.15) is 6.04 Å². The number of rotatable bonds is 13. The number of benzene rings is 1. The van der Waals surface area contributed by atoms with Crippen LogP contribution in [-0.4, -0.2) is 37.3 Å². The fourth-order valence-corrected chi connectivity index (χ4v) is 5.21. The van der Waals surface area contributed by atoms with Crippen molar-refractivity contribution < 1.29 is 9.73 Å². The zero-order valence-corrected chi connectivity index (χ0v) is 21.0. The van der Waals surface area contributed by atoms with E-state index in [1.54, 1.807) is 0 Å². The highest BCUT2D eigenvalue weighted by Crippen LogP contribution is 2.34. The first-order chi connectivity index (χ1) is 17.2. The molecule has 0 saturated carbocycles. The van der Waals surface area contributed by atoms with E-state index in [1.807, 2.05) is 4.90 Å². The molecule has 1 aromatic carbocycles. The monoisotopic (exact) mass is 480 g/mol. The van der Waals surface area contributed by atoms with Gasteiger partial charge in [-0.3, -0.25) is 0 Å². The number of hydrogen-bond acceptors (Lipinski definition) is 5. The second-order valence-corrected chi connectivity index (χ2v) is 9.70. The molecule has 0 amide bonds. The fourth-order valence-electron chi connectivity index (χ4n) is 5.21. The lowest BCUT2D eigenvalue weighted by Gasteiger charge is -2.21. The molecule has 190 valence electrons. The molecule has 1 aliphatic heterocycles. The Bertz CT molecular complexity index is 1090. The molecule has 4 rings (SSSR count). The molecule has 35 heavy (non-hydrogen) atoms. The second kappa shape index (κ2) is 12.6. The molecule has 0 radical (unpaired) electrons. The Kier molecular flexibility index (Phi) is 9.03. The lowest BCUT2D eigenvalue weighted by Crippen LogP contribution is -2.36. The molecule has 8 heteroatoms. The van der Waals surface area contributed by atoms with E-state index >= 15 is 0 Å². The van der Waals surface area contributed by atoms with Crippen molar-refractivity contribution in [1.29, 1.82) is 0 Å². The number of aryl methyl sites for hydroxylation is 1. The van der Waals surface area contributed by atoms with Crippen LogP contribution in [0.2, 0.25) is 0 Å². The van der Waals surface area contributed by atoms with Crippen molar-refractivity contribution in [3.63, 3.8) is 0 Å². The predicted molar refractivity (Wildman–Crippen MR) is 139 cm³/mol. The minimum Gasteiger partial charge on any atom is -0.408 e. The number of nitrogens with two attached hydrogens (primary N) is 1. The van der Waals surface area contributed by atoms with Crippen molar-refractivity contribution in [3.8, 4) is 11.4 Å². The van der Waals surface area contributed by atoms with Crippen molar-refractivity contribution >= 4 is 16.9 Å².